The molecule has 1 unspecified atom stereocenters. The summed E-state index contributed by atoms with van der Waals surface area (Å²) in [6.07, 6.45) is 10.2. The summed E-state index contributed by atoms with van der Waals surface area (Å²) in [5, 5.41) is 0. The van der Waals surface area contributed by atoms with Crippen molar-refractivity contribution < 1.29 is 9.53 Å². The summed E-state index contributed by atoms with van der Waals surface area (Å²) in [6, 6.07) is 7.66. The first kappa shape index (κ1) is 18.8. The molecule has 0 spiro atoms. The lowest BCUT2D eigenvalue weighted by Gasteiger charge is -2.41. The molecule has 0 radical (unpaired) electrons. The van der Waals surface area contributed by atoms with Crippen LogP contribution < -0.4 is 4.74 Å². The molecule has 148 valence electrons. The predicted octanol–water partition coefficient (Wildman–Crippen LogP) is 4.82. The fourth-order valence-corrected chi connectivity index (χ4v) is 5.77. The predicted molar refractivity (Wildman–Crippen MR) is 108 cm³/mol. The summed E-state index contributed by atoms with van der Waals surface area (Å²) in [6.45, 7) is 3.69. The van der Waals surface area contributed by atoms with Gasteiger partial charge in [-0.05, 0) is 68.7 Å². The Labute approximate surface area is 163 Å². The highest BCUT2D eigenvalue weighted by Gasteiger charge is 2.42. The van der Waals surface area contributed by atoms with Crippen molar-refractivity contribution in [2.24, 2.45) is 5.92 Å². The molecule has 27 heavy (non-hydrogen) atoms. The van der Waals surface area contributed by atoms with Crippen molar-refractivity contribution in [3.63, 3.8) is 0 Å². The van der Waals surface area contributed by atoms with Crippen LogP contribution in [0.3, 0.4) is 0 Å². The molecular formula is C23H34N2O2. The molecule has 2 fully saturated rings. The Morgan fingerprint density at radius 3 is 2.67 bits per heavy atom. The Morgan fingerprint density at radius 1 is 1.15 bits per heavy atom. The van der Waals surface area contributed by atoms with Crippen molar-refractivity contribution in [3.8, 4) is 5.75 Å². The maximum absolute atomic E-state index is 12.0. The third kappa shape index (κ3) is 3.61. The molecule has 1 heterocycles. The number of nitrogens with zero attached hydrogens (tertiary/aromatic N) is 2. The van der Waals surface area contributed by atoms with E-state index in [1.165, 1.54) is 67.5 Å². The van der Waals surface area contributed by atoms with Crippen LogP contribution in [-0.4, -0.2) is 48.6 Å². The Morgan fingerprint density at radius 2 is 1.93 bits per heavy atom. The van der Waals surface area contributed by atoms with Crippen molar-refractivity contribution in [1.29, 1.82) is 0 Å². The van der Waals surface area contributed by atoms with Crippen LogP contribution in [0.5, 0.6) is 5.75 Å². The van der Waals surface area contributed by atoms with Gasteiger partial charge in [0.15, 0.2) is 0 Å². The number of carbonyl (C=O) groups is 1. The number of hydrogen-bond acceptors (Lipinski definition) is 3. The van der Waals surface area contributed by atoms with Gasteiger partial charge in [-0.25, -0.2) is 4.79 Å². The number of rotatable bonds is 3. The van der Waals surface area contributed by atoms with Crippen LogP contribution in [0.4, 0.5) is 4.79 Å². The maximum atomic E-state index is 12.0. The maximum Gasteiger partial charge on any atom is 0.414 e. The zero-order valence-electron chi connectivity index (χ0n) is 17.1. The average molecular weight is 371 g/mol. The lowest BCUT2D eigenvalue weighted by Crippen LogP contribution is -2.44. The number of benzene rings is 1. The minimum absolute atomic E-state index is 0.288. The van der Waals surface area contributed by atoms with Gasteiger partial charge in [0.25, 0.3) is 0 Å². The number of fused-ring (bicyclic) bond motifs is 3. The normalized spacial score (nSPS) is 26.9. The lowest BCUT2D eigenvalue weighted by atomic mass is 9.78. The van der Waals surface area contributed by atoms with Crippen LogP contribution in [0.15, 0.2) is 18.2 Å². The summed E-state index contributed by atoms with van der Waals surface area (Å²) in [4.78, 5) is 16.4. The van der Waals surface area contributed by atoms with E-state index in [1.54, 1.807) is 14.1 Å². The van der Waals surface area contributed by atoms with E-state index in [4.69, 9.17) is 4.74 Å². The molecule has 1 saturated heterocycles. The van der Waals surface area contributed by atoms with E-state index in [0.29, 0.717) is 18.0 Å². The van der Waals surface area contributed by atoms with Crippen LogP contribution in [-0.2, 0) is 6.42 Å². The first-order chi connectivity index (χ1) is 13.1. The second-order valence-electron chi connectivity index (χ2n) is 8.96. The average Bonchev–Trinajstić information content (AvgIpc) is 3.12. The number of likely N-dealkylation sites (tertiary alicyclic amines) is 1. The SMILES string of the molecule is CC(C1CCCCC1)N1CC[C@H]2c3cccc(OC(=O)N(C)C)c3CC[C@H]21. The first-order valence-corrected chi connectivity index (χ1v) is 10.8. The highest BCUT2D eigenvalue weighted by molar-refractivity contribution is 5.70. The Kier molecular flexibility index (Phi) is 5.45. The second-order valence-corrected chi connectivity index (χ2v) is 8.96. The summed E-state index contributed by atoms with van der Waals surface area (Å²) in [7, 11) is 3.46. The number of hydrogen-bond donors (Lipinski definition) is 0. The Hall–Kier alpha value is -1.55. The van der Waals surface area contributed by atoms with Crippen LogP contribution >= 0.6 is 0 Å². The molecule has 1 aliphatic heterocycles. The van der Waals surface area contributed by atoms with E-state index in [2.05, 4.69) is 24.0 Å². The van der Waals surface area contributed by atoms with Gasteiger partial charge in [-0.2, -0.15) is 0 Å². The highest BCUT2D eigenvalue weighted by Crippen LogP contribution is 2.46. The smallest absolute Gasteiger partial charge is 0.410 e. The molecule has 1 aromatic carbocycles. The quantitative estimate of drug-likeness (QED) is 0.765. The standard InChI is InChI=1S/C23H34N2O2/c1-16(17-8-5-4-6-9-17)25-15-14-19-18-10-7-11-22(27-23(26)24(2)3)20(18)12-13-21(19)25/h7,10-11,16-17,19,21H,4-6,8-9,12-15H2,1-3H3/t16?,19-,21+/m0/s1. The van der Waals surface area contributed by atoms with Crippen LogP contribution in [0.2, 0.25) is 0 Å². The van der Waals surface area contributed by atoms with E-state index < -0.39 is 0 Å². The molecule has 1 amide bonds. The third-order valence-electron chi connectivity index (χ3n) is 7.27. The second kappa shape index (κ2) is 7.83. The first-order valence-electron chi connectivity index (χ1n) is 10.8. The Bertz CT molecular complexity index is 681. The van der Waals surface area contributed by atoms with Crippen molar-refractivity contribution in [1.82, 2.24) is 9.80 Å². The fraction of sp³-hybridized carbons (Fsp3) is 0.696. The molecule has 0 N–H and O–H groups in total. The minimum Gasteiger partial charge on any atom is -0.410 e. The number of carbonyl (C=O) groups excluding carboxylic acids is 1. The van der Waals surface area contributed by atoms with Gasteiger partial charge in [0.2, 0.25) is 0 Å². The minimum atomic E-state index is -0.288. The van der Waals surface area contributed by atoms with Gasteiger partial charge in [0.05, 0.1) is 0 Å². The third-order valence-corrected chi connectivity index (χ3v) is 7.27. The van der Waals surface area contributed by atoms with E-state index in [0.717, 1.165) is 18.1 Å². The molecule has 4 nitrogen and oxygen atoms in total. The molecule has 4 heteroatoms. The molecule has 0 bridgehead atoms. The summed E-state index contributed by atoms with van der Waals surface area (Å²) < 4.78 is 5.67. The van der Waals surface area contributed by atoms with Gasteiger partial charge < -0.3 is 9.64 Å². The molecule has 2 aliphatic carbocycles. The lowest BCUT2D eigenvalue weighted by molar-refractivity contribution is 0.106. The summed E-state index contributed by atoms with van der Waals surface area (Å²) in [5.41, 5.74) is 2.69. The van der Waals surface area contributed by atoms with Gasteiger partial charge in [0.1, 0.15) is 5.75 Å². The van der Waals surface area contributed by atoms with Crippen molar-refractivity contribution in [3.05, 3.63) is 29.3 Å². The topological polar surface area (TPSA) is 32.8 Å². The van der Waals surface area contributed by atoms with Crippen molar-refractivity contribution in [2.45, 2.75) is 76.3 Å². The van der Waals surface area contributed by atoms with Crippen molar-refractivity contribution in [2.75, 3.05) is 20.6 Å². The zero-order valence-corrected chi connectivity index (χ0v) is 17.1. The van der Waals surface area contributed by atoms with E-state index in [9.17, 15) is 4.79 Å². The van der Waals surface area contributed by atoms with Crippen LogP contribution in [0.1, 0.15) is 68.9 Å². The number of ether oxygens (including phenoxy) is 1. The van der Waals surface area contributed by atoms with Gasteiger partial charge in [0, 0.05) is 32.1 Å². The van der Waals surface area contributed by atoms with E-state index >= 15 is 0 Å². The van der Waals surface area contributed by atoms with Crippen LogP contribution in [0, 0.1) is 5.92 Å². The highest BCUT2D eigenvalue weighted by atomic mass is 16.6. The molecule has 4 rings (SSSR count). The molecule has 1 saturated carbocycles. The number of amides is 1. The zero-order chi connectivity index (χ0) is 19.0. The largest absolute Gasteiger partial charge is 0.414 e. The molecule has 0 aromatic heterocycles. The molecular weight excluding hydrogens is 336 g/mol. The molecule has 3 atom stereocenters. The molecule has 3 aliphatic rings. The fourth-order valence-electron chi connectivity index (χ4n) is 5.77. The van der Waals surface area contributed by atoms with Gasteiger partial charge in [-0.3, -0.25) is 4.90 Å². The van der Waals surface area contributed by atoms with Gasteiger partial charge in [-0.1, -0.05) is 31.4 Å². The van der Waals surface area contributed by atoms with E-state index in [-0.39, 0.29) is 6.09 Å². The van der Waals surface area contributed by atoms with Crippen LogP contribution in [0.25, 0.3) is 0 Å². The van der Waals surface area contributed by atoms with Gasteiger partial charge in [-0.15, -0.1) is 0 Å². The summed E-state index contributed by atoms with van der Waals surface area (Å²) >= 11 is 0. The monoisotopic (exact) mass is 370 g/mol. The van der Waals surface area contributed by atoms with Crippen molar-refractivity contribution >= 4 is 6.09 Å². The van der Waals surface area contributed by atoms with E-state index in [1.807, 2.05) is 6.07 Å². The molecule has 1 aromatic rings. The Balaban J connectivity index is 1.52. The summed E-state index contributed by atoms with van der Waals surface area (Å²) in [5.74, 6) is 2.24. The van der Waals surface area contributed by atoms with Gasteiger partial charge >= 0.3 is 6.09 Å².